The summed E-state index contributed by atoms with van der Waals surface area (Å²) in [6, 6.07) is 0.751. The molecule has 2 aromatic rings. The quantitative estimate of drug-likeness (QED) is 0.590. The van der Waals surface area contributed by atoms with Gasteiger partial charge in [0.15, 0.2) is 0 Å². The molecule has 5 fully saturated rings. The van der Waals surface area contributed by atoms with Crippen LogP contribution in [0.2, 0.25) is 0 Å². The Labute approximate surface area is 206 Å². The molecule has 196 valence electrons. The average Bonchev–Trinajstić information content (AvgIpc) is 3.11. The highest BCUT2D eigenvalue weighted by molar-refractivity contribution is 7.18. The van der Waals surface area contributed by atoms with Crippen molar-refractivity contribution in [3.05, 3.63) is 22.7 Å². The number of alkyl halides is 6. The summed E-state index contributed by atoms with van der Waals surface area (Å²) in [7, 11) is 0. The first-order valence-electron chi connectivity index (χ1n) is 11.9. The third-order valence-corrected chi connectivity index (χ3v) is 9.03. The fourth-order valence-corrected chi connectivity index (χ4v) is 7.44. The van der Waals surface area contributed by atoms with E-state index in [4.69, 9.17) is 0 Å². The highest BCUT2D eigenvalue weighted by atomic mass is 32.1. The summed E-state index contributed by atoms with van der Waals surface area (Å²) in [6.07, 6.45) is -7.82. The summed E-state index contributed by atoms with van der Waals surface area (Å²) in [5, 5.41) is 13.4. The number of rotatable bonds is 3. The molecule has 4 atom stereocenters. The van der Waals surface area contributed by atoms with Crippen LogP contribution in [0.5, 0.6) is 0 Å². The topological polar surface area (TPSA) is 68.7 Å². The monoisotopic (exact) mass is 534 g/mol. The molecule has 5 aliphatic rings. The minimum Gasteiger partial charge on any atom is -0.391 e. The van der Waals surface area contributed by atoms with Gasteiger partial charge in [-0.3, -0.25) is 4.79 Å². The molecule has 0 aromatic carbocycles. The van der Waals surface area contributed by atoms with Crippen LogP contribution in [0.15, 0.2) is 12.3 Å². The van der Waals surface area contributed by atoms with Gasteiger partial charge in [0.1, 0.15) is 4.83 Å². The van der Waals surface area contributed by atoms with E-state index in [1.54, 1.807) is 9.80 Å². The van der Waals surface area contributed by atoms with Gasteiger partial charge in [0.2, 0.25) is 5.91 Å². The largest absolute Gasteiger partial charge is 0.419 e. The number of anilines is 1. The van der Waals surface area contributed by atoms with Crippen molar-refractivity contribution in [1.29, 1.82) is 0 Å². The highest BCUT2D eigenvalue weighted by Crippen LogP contribution is 2.49. The standard InChI is InChI=1S/C23H24F6N4O2S/c24-22(25,26)5-12-4-13-18(14(23(27,28)29)6-30-19(13)36-12)32-7-21(8-32)9-33(10-21)20(35)17-11-1-2-15(31-17)16(34)3-11/h4,6,11,15-17,31,34H,1-3,5,7-10H2/t11-,15+,16+,17+/m1/s1. The molecule has 13 heteroatoms. The summed E-state index contributed by atoms with van der Waals surface area (Å²) in [6.45, 7) is 1.43. The molecule has 6 heterocycles. The number of aliphatic hydroxyl groups excluding tert-OH is 1. The second kappa shape index (κ2) is 7.94. The van der Waals surface area contributed by atoms with Crippen LogP contribution in [-0.2, 0) is 17.4 Å². The average molecular weight is 535 g/mol. The van der Waals surface area contributed by atoms with Crippen molar-refractivity contribution in [1.82, 2.24) is 15.2 Å². The molecule has 1 aliphatic carbocycles. The Balaban J connectivity index is 1.18. The molecule has 4 saturated heterocycles. The van der Waals surface area contributed by atoms with Crippen molar-refractivity contribution in [2.75, 3.05) is 31.1 Å². The fourth-order valence-electron chi connectivity index (χ4n) is 6.41. The Morgan fingerprint density at radius 3 is 2.47 bits per heavy atom. The number of pyridine rings is 1. The zero-order valence-corrected chi connectivity index (χ0v) is 19.8. The first kappa shape index (κ1) is 24.2. The van der Waals surface area contributed by atoms with Crippen molar-refractivity contribution < 1.29 is 36.2 Å². The summed E-state index contributed by atoms with van der Waals surface area (Å²) in [4.78, 5) is 20.2. The molecular formula is C23H24F6N4O2S. The molecule has 7 rings (SSSR count). The Morgan fingerprint density at radius 1 is 1.17 bits per heavy atom. The van der Waals surface area contributed by atoms with Crippen LogP contribution in [0, 0.1) is 11.3 Å². The smallest absolute Gasteiger partial charge is 0.391 e. The van der Waals surface area contributed by atoms with Gasteiger partial charge < -0.3 is 20.2 Å². The lowest BCUT2D eigenvalue weighted by atomic mass is 9.70. The SMILES string of the molecule is O=C([C@H]1N[C@H]2CC[C@@H]1C[C@@H]2O)N1CC2(C1)CN(c1c(C(F)(F)F)cnc3sc(CC(F)(F)F)cc13)C2. The molecule has 36 heavy (non-hydrogen) atoms. The van der Waals surface area contributed by atoms with Gasteiger partial charge in [0, 0.05) is 54.1 Å². The molecule has 1 amide bonds. The van der Waals surface area contributed by atoms with E-state index in [0.717, 1.165) is 24.2 Å². The summed E-state index contributed by atoms with van der Waals surface area (Å²) in [5.41, 5.74) is -1.42. The molecule has 2 bridgehead atoms. The predicted octanol–water partition coefficient (Wildman–Crippen LogP) is 3.57. The lowest BCUT2D eigenvalue weighted by Crippen LogP contribution is -2.75. The summed E-state index contributed by atoms with van der Waals surface area (Å²) >= 11 is 0.753. The Kier molecular flexibility index (Phi) is 5.34. The van der Waals surface area contributed by atoms with Crippen LogP contribution >= 0.6 is 11.3 Å². The van der Waals surface area contributed by atoms with Crippen molar-refractivity contribution in [3.8, 4) is 0 Å². The fraction of sp³-hybridized carbons (Fsp3) is 0.652. The molecular weight excluding hydrogens is 510 g/mol. The normalized spacial score (nSPS) is 29.5. The van der Waals surface area contributed by atoms with Gasteiger partial charge in [0.25, 0.3) is 0 Å². The first-order chi connectivity index (χ1) is 16.8. The number of halogens is 6. The van der Waals surface area contributed by atoms with Gasteiger partial charge in [-0.1, -0.05) is 0 Å². The van der Waals surface area contributed by atoms with E-state index in [1.807, 2.05) is 0 Å². The minimum absolute atomic E-state index is 0.0300. The van der Waals surface area contributed by atoms with E-state index in [2.05, 4.69) is 10.3 Å². The van der Waals surface area contributed by atoms with E-state index >= 15 is 0 Å². The summed E-state index contributed by atoms with van der Waals surface area (Å²) < 4.78 is 80.1. The number of aromatic nitrogens is 1. The van der Waals surface area contributed by atoms with Gasteiger partial charge in [-0.15, -0.1) is 11.3 Å². The van der Waals surface area contributed by atoms with Crippen molar-refractivity contribution >= 4 is 33.1 Å². The van der Waals surface area contributed by atoms with E-state index < -0.39 is 30.4 Å². The third kappa shape index (κ3) is 4.03. The van der Waals surface area contributed by atoms with Gasteiger partial charge in [-0.2, -0.15) is 26.3 Å². The maximum absolute atomic E-state index is 13.8. The number of amides is 1. The number of thiophene rings is 1. The van der Waals surface area contributed by atoms with Crippen LogP contribution in [-0.4, -0.2) is 71.4 Å². The van der Waals surface area contributed by atoms with Gasteiger partial charge >= 0.3 is 12.4 Å². The van der Waals surface area contributed by atoms with E-state index in [0.29, 0.717) is 25.7 Å². The number of piperidine rings is 2. The van der Waals surface area contributed by atoms with Gasteiger partial charge in [0.05, 0.1) is 29.8 Å². The highest BCUT2D eigenvalue weighted by Gasteiger charge is 2.56. The predicted molar refractivity (Wildman–Crippen MR) is 120 cm³/mol. The molecule has 2 N–H and O–H groups in total. The number of hydrogen-bond acceptors (Lipinski definition) is 6. The third-order valence-electron chi connectivity index (χ3n) is 7.99. The number of hydrogen-bond donors (Lipinski definition) is 2. The number of likely N-dealkylation sites (tertiary alicyclic amines) is 1. The number of nitrogens with one attached hydrogen (secondary N) is 1. The van der Waals surface area contributed by atoms with E-state index in [9.17, 15) is 36.2 Å². The van der Waals surface area contributed by atoms with E-state index in [-0.39, 0.29) is 63.2 Å². The first-order valence-corrected chi connectivity index (χ1v) is 12.7. The molecule has 0 unspecified atom stereocenters. The lowest BCUT2D eigenvalue weighted by Gasteiger charge is -2.62. The molecule has 2 aromatic heterocycles. The number of carbonyl (C=O) groups is 1. The Morgan fingerprint density at radius 2 is 1.89 bits per heavy atom. The number of fused-ring (bicyclic) bond motifs is 4. The molecule has 1 saturated carbocycles. The Hall–Kier alpha value is -2.12. The number of aliphatic hydroxyl groups is 1. The van der Waals surface area contributed by atoms with Crippen LogP contribution < -0.4 is 10.2 Å². The van der Waals surface area contributed by atoms with Crippen molar-refractivity contribution in [3.63, 3.8) is 0 Å². The molecule has 0 radical (unpaired) electrons. The van der Waals surface area contributed by atoms with Crippen molar-refractivity contribution in [2.24, 2.45) is 11.3 Å². The lowest BCUT2D eigenvalue weighted by molar-refractivity contribution is -0.153. The van der Waals surface area contributed by atoms with Crippen LogP contribution in [0.25, 0.3) is 10.2 Å². The number of carbonyl (C=O) groups excluding carboxylic acids is 1. The molecule has 4 aliphatic heterocycles. The summed E-state index contributed by atoms with van der Waals surface area (Å²) in [5.74, 6) is 0.0495. The van der Waals surface area contributed by atoms with Gasteiger partial charge in [-0.25, -0.2) is 4.98 Å². The van der Waals surface area contributed by atoms with Crippen LogP contribution in [0.4, 0.5) is 32.0 Å². The van der Waals surface area contributed by atoms with E-state index in [1.165, 1.54) is 6.07 Å². The zero-order valence-electron chi connectivity index (χ0n) is 19.0. The molecule has 6 nitrogen and oxygen atoms in total. The second-order valence-electron chi connectivity index (χ2n) is 10.7. The number of nitrogens with zero attached hydrogens (tertiary/aromatic N) is 3. The minimum atomic E-state index is -4.70. The van der Waals surface area contributed by atoms with Crippen LogP contribution in [0.3, 0.4) is 0 Å². The second-order valence-corrected chi connectivity index (χ2v) is 11.8. The van der Waals surface area contributed by atoms with Crippen molar-refractivity contribution in [2.45, 2.75) is 56.2 Å². The Bertz CT molecular complexity index is 1200. The molecule has 1 spiro atoms. The zero-order chi connectivity index (χ0) is 25.6. The maximum atomic E-state index is 13.8. The van der Waals surface area contributed by atoms with Gasteiger partial charge in [-0.05, 0) is 31.2 Å². The van der Waals surface area contributed by atoms with Crippen LogP contribution in [0.1, 0.15) is 29.7 Å². The maximum Gasteiger partial charge on any atom is 0.419 e.